The van der Waals surface area contributed by atoms with Gasteiger partial charge < -0.3 is 15.9 Å². The van der Waals surface area contributed by atoms with Crippen molar-refractivity contribution in [3.63, 3.8) is 0 Å². The first kappa shape index (κ1) is 12.9. The van der Waals surface area contributed by atoms with Crippen LogP contribution in [0.4, 0.5) is 4.39 Å². The van der Waals surface area contributed by atoms with Gasteiger partial charge in [0, 0.05) is 5.56 Å². The Bertz CT molecular complexity index is 400. The Morgan fingerprint density at radius 2 is 2.12 bits per heavy atom. The summed E-state index contributed by atoms with van der Waals surface area (Å²) in [5.74, 6) is -1.60. The van der Waals surface area contributed by atoms with Crippen molar-refractivity contribution in [3.8, 4) is 0 Å². The largest absolute Gasteiger partial charge is 0.390 e. The Morgan fingerprint density at radius 3 is 2.69 bits per heavy atom. The Kier molecular flexibility index (Phi) is 4.23. The van der Waals surface area contributed by atoms with Gasteiger partial charge >= 0.3 is 0 Å². The topological polar surface area (TPSA) is 83.6 Å². The number of carbonyl (C=O) groups excluding carboxylic acids is 1. The summed E-state index contributed by atoms with van der Waals surface area (Å²) in [4.78, 5) is 10.5. The fourth-order valence-electron chi connectivity index (χ4n) is 1.27. The molecule has 0 spiro atoms. The molecule has 4 nitrogen and oxygen atoms in total. The molecule has 0 radical (unpaired) electrons. The van der Waals surface area contributed by atoms with E-state index in [1.54, 1.807) is 0 Å². The third-order valence-corrected chi connectivity index (χ3v) is 2.37. The van der Waals surface area contributed by atoms with Gasteiger partial charge in [-0.25, -0.2) is 4.39 Å². The second-order valence-electron chi connectivity index (χ2n) is 3.33. The number of halogens is 2. The summed E-state index contributed by atoms with van der Waals surface area (Å²) < 4.78 is 13.4. The molecule has 2 unspecified atom stereocenters. The third kappa shape index (κ3) is 2.91. The molecule has 0 aliphatic carbocycles. The molecular formula is C10H11ClFNO3. The van der Waals surface area contributed by atoms with Gasteiger partial charge in [0.2, 0.25) is 5.91 Å². The first-order chi connectivity index (χ1) is 7.43. The highest BCUT2D eigenvalue weighted by molar-refractivity contribution is 6.30. The molecule has 0 fully saturated rings. The first-order valence-corrected chi connectivity index (χ1v) is 4.89. The van der Waals surface area contributed by atoms with Gasteiger partial charge in [-0.2, -0.15) is 0 Å². The van der Waals surface area contributed by atoms with E-state index in [2.05, 4.69) is 0 Å². The fourth-order valence-corrected chi connectivity index (χ4v) is 1.46. The highest BCUT2D eigenvalue weighted by Gasteiger charge is 2.23. The predicted octanol–water partition coefficient (Wildman–Crippen LogP) is 0.749. The third-order valence-electron chi connectivity index (χ3n) is 2.07. The van der Waals surface area contributed by atoms with Crippen LogP contribution in [0.5, 0.6) is 0 Å². The van der Waals surface area contributed by atoms with Crippen LogP contribution >= 0.6 is 11.6 Å². The average molecular weight is 248 g/mol. The van der Waals surface area contributed by atoms with Crippen LogP contribution in [0.25, 0.3) is 0 Å². The van der Waals surface area contributed by atoms with Gasteiger partial charge in [-0.15, -0.1) is 0 Å². The smallest absolute Gasteiger partial charge is 0.220 e. The number of benzene rings is 1. The molecule has 0 aliphatic heterocycles. The number of rotatable bonds is 4. The van der Waals surface area contributed by atoms with E-state index in [0.29, 0.717) is 0 Å². The van der Waals surface area contributed by atoms with Crippen LogP contribution in [0, 0.1) is 5.82 Å². The highest BCUT2D eigenvalue weighted by Crippen LogP contribution is 2.26. The molecule has 1 aromatic carbocycles. The quantitative estimate of drug-likeness (QED) is 0.734. The lowest BCUT2D eigenvalue weighted by Crippen LogP contribution is -2.26. The van der Waals surface area contributed by atoms with Crippen molar-refractivity contribution in [3.05, 3.63) is 34.6 Å². The van der Waals surface area contributed by atoms with Crippen molar-refractivity contribution >= 4 is 17.5 Å². The van der Waals surface area contributed by atoms with Crippen molar-refractivity contribution in [1.29, 1.82) is 0 Å². The van der Waals surface area contributed by atoms with Crippen molar-refractivity contribution in [2.75, 3.05) is 0 Å². The Labute approximate surface area is 96.4 Å². The SMILES string of the molecule is NC(=O)CC(O)C(O)c1cccc(Cl)c1F. The molecular weight excluding hydrogens is 237 g/mol. The van der Waals surface area contributed by atoms with Crippen LogP contribution in [-0.4, -0.2) is 22.2 Å². The second kappa shape index (κ2) is 5.25. The maximum Gasteiger partial charge on any atom is 0.220 e. The highest BCUT2D eigenvalue weighted by atomic mass is 35.5. The molecule has 0 saturated carbocycles. The standard InChI is InChI=1S/C10H11ClFNO3/c11-6-3-1-2-5(9(6)12)10(16)7(14)4-8(13)15/h1-3,7,10,14,16H,4H2,(H2,13,15). The number of amides is 1. The van der Waals surface area contributed by atoms with Crippen LogP contribution in [0.3, 0.4) is 0 Å². The number of hydrogen-bond donors (Lipinski definition) is 3. The van der Waals surface area contributed by atoms with Gasteiger partial charge in [0.05, 0.1) is 17.5 Å². The summed E-state index contributed by atoms with van der Waals surface area (Å²) in [6.07, 6.45) is -3.44. The van der Waals surface area contributed by atoms with Crippen molar-refractivity contribution in [2.24, 2.45) is 5.73 Å². The minimum Gasteiger partial charge on any atom is -0.390 e. The Balaban J connectivity index is 2.91. The lowest BCUT2D eigenvalue weighted by atomic mass is 10.0. The minimum atomic E-state index is -1.54. The summed E-state index contributed by atoms with van der Waals surface area (Å²) in [6, 6.07) is 4.02. The number of aliphatic hydroxyl groups excluding tert-OH is 2. The van der Waals surface area contributed by atoms with Crippen LogP contribution in [0.2, 0.25) is 5.02 Å². The van der Waals surface area contributed by atoms with E-state index in [1.165, 1.54) is 18.2 Å². The van der Waals surface area contributed by atoms with Gasteiger partial charge in [-0.05, 0) is 6.07 Å². The summed E-state index contributed by atoms with van der Waals surface area (Å²) in [6.45, 7) is 0. The van der Waals surface area contributed by atoms with Gasteiger partial charge in [-0.3, -0.25) is 4.79 Å². The lowest BCUT2D eigenvalue weighted by molar-refractivity contribution is -0.121. The summed E-state index contributed by atoms with van der Waals surface area (Å²) in [5.41, 5.74) is 4.68. The summed E-state index contributed by atoms with van der Waals surface area (Å²) >= 11 is 5.51. The second-order valence-corrected chi connectivity index (χ2v) is 3.73. The number of carbonyl (C=O) groups is 1. The molecule has 0 heterocycles. The minimum absolute atomic E-state index is 0.164. The first-order valence-electron chi connectivity index (χ1n) is 4.51. The molecule has 1 rings (SSSR count). The fraction of sp³-hybridized carbons (Fsp3) is 0.300. The van der Waals surface area contributed by atoms with Gasteiger partial charge in [0.15, 0.2) is 0 Å². The van der Waals surface area contributed by atoms with Crippen LogP contribution in [0.15, 0.2) is 18.2 Å². The normalized spacial score (nSPS) is 14.5. The molecule has 0 saturated heterocycles. The predicted molar refractivity (Wildman–Crippen MR) is 56.2 cm³/mol. The van der Waals surface area contributed by atoms with E-state index in [-0.39, 0.29) is 10.6 Å². The molecule has 4 N–H and O–H groups in total. The van der Waals surface area contributed by atoms with Gasteiger partial charge in [-0.1, -0.05) is 23.7 Å². The molecule has 0 bridgehead atoms. The van der Waals surface area contributed by atoms with E-state index in [4.69, 9.17) is 17.3 Å². The monoisotopic (exact) mass is 247 g/mol. The number of aliphatic hydroxyl groups is 2. The molecule has 88 valence electrons. The Hall–Kier alpha value is -1.17. The number of primary amides is 1. The summed E-state index contributed by atoms with van der Waals surface area (Å²) in [7, 11) is 0. The maximum absolute atomic E-state index is 13.4. The summed E-state index contributed by atoms with van der Waals surface area (Å²) in [5, 5.41) is 18.8. The Morgan fingerprint density at radius 1 is 1.50 bits per heavy atom. The van der Waals surface area contributed by atoms with Crippen LogP contribution in [-0.2, 0) is 4.79 Å². The number of nitrogens with two attached hydrogens (primary N) is 1. The zero-order chi connectivity index (χ0) is 12.3. The molecule has 1 amide bonds. The molecule has 1 aromatic rings. The van der Waals surface area contributed by atoms with Gasteiger partial charge in [0.1, 0.15) is 11.9 Å². The molecule has 16 heavy (non-hydrogen) atoms. The molecule has 6 heteroatoms. The van der Waals surface area contributed by atoms with E-state index in [1.807, 2.05) is 0 Å². The number of hydrogen-bond acceptors (Lipinski definition) is 3. The lowest BCUT2D eigenvalue weighted by Gasteiger charge is -2.17. The van der Waals surface area contributed by atoms with E-state index >= 15 is 0 Å². The van der Waals surface area contributed by atoms with Crippen LogP contribution in [0.1, 0.15) is 18.1 Å². The molecule has 0 aromatic heterocycles. The van der Waals surface area contributed by atoms with Gasteiger partial charge in [0.25, 0.3) is 0 Å². The van der Waals surface area contributed by atoms with Crippen molar-refractivity contribution in [2.45, 2.75) is 18.6 Å². The van der Waals surface area contributed by atoms with E-state index in [0.717, 1.165) is 0 Å². The maximum atomic E-state index is 13.4. The van der Waals surface area contributed by atoms with E-state index < -0.39 is 30.4 Å². The zero-order valence-corrected chi connectivity index (χ0v) is 8.99. The van der Waals surface area contributed by atoms with Crippen molar-refractivity contribution < 1.29 is 19.4 Å². The molecule has 0 aliphatic rings. The van der Waals surface area contributed by atoms with E-state index in [9.17, 15) is 19.4 Å². The average Bonchev–Trinajstić information content (AvgIpc) is 2.20. The molecule has 2 atom stereocenters. The van der Waals surface area contributed by atoms with Crippen molar-refractivity contribution in [1.82, 2.24) is 0 Å². The van der Waals surface area contributed by atoms with Crippen LogP contribution < -0.4 is 5.73 Å². The zero-order valence-electron chi connectivity index (χ0n) is 8.23.